The molecule has 28 heavy (non-hydrogen) atoms. The fourth-order valence-electron chi connectivity index (χ4n) is 4.49. The number of piperidine rings is 2. The highest BCUT2D eigenvalue weighted by Crippen LogP contribution is 2.41. The van der Waals surface area contributed by atoms with Gasteiger partial charge in [0, 0.05) is 45.0 Å². The average Bonchev–Trinajstić information content (AvgIpc) is 3.04. The minimum Gasteiger partial charge on any atom is -0.361 e. The number of likely N-dealkylation sites (tertiary alicyclic amines) is 2. The molecule has 2 aliphatic rings. The molecule has 0 aliphatic carbocycles. The van der Waals surface area contributed by atoms with E-state index >= 15 is 0 Å². The number of rotatable bonds is 3. The van der Waals surface area contributed by atoms with Gasteiger partial charge >= 0.3 is 0 Å². The smallest absolute Gasteiger partial charge is 0.259 e. The SMILES string of the molecule is Cc1noc(C)c1C(=O)N1CCC2(CCC(=O)N(Cc3ccncc3)C2)CC1. The van der Waals surface area contributed by atoms with Gasteiger partial charge in [0.25, 0.3) is 5.91 Å². The van der Waals surface area contributed by atoms with Gasteiger partial charge in [0.05, 0.1) is 5.69 Å². The summed E-state index contributed by atoms with van der Waals surface area (Å²) in [6.07, 6.45) is 6.86. The summed E-state index contributed by atoms with van der Waals surface area (Å²) in [6.45, 7) is 6.40. The molecule has 4 rings (SSSR count). The summed E-state index contributed by atoms with van der Waals surface area (Å²) in [5.74, 6) is 0.804. The van der Waals surface area contributed by atoms with E-state index in [1.807, 2.05) is 21.9 Å². The molecule has 1 spiro atoms. The molecule has 7 nitrogen and oxygen atoms in total. The molecule has 2 aromatic heterocycles. The highest BCUT2D eigenvalue weighted by molar-refractivity contribution is 5.96. The molecule has 0 unspecified atom stereocenters. The highest BCUT2D eigenvalue weighted by Gasteiger charge is 2.42. The van der Waals surface area contributed by atoms with Crippen molar-refractivity contribution in [3.63, 3.8) is 0 Å². The van der Waals surface area contributed by atoms with Crippen molar-refractivity contribution in [2.45, 2.75) is 46.1 Å². The Kier molecular flexibility index (Phi) is 4.91. The van der Waals surface area contributed by atoms with E-state index in [9.17, 15) is 9.59 Å². The summed E-state index contributed by atoms with van der Waals surface area (Å²) in [5, 5.41) is 3.90. The maximum absolute atomic E-state index is 12.9. The number of amides is 2. The standard InChI is InChI=1S/C21H26N4O3/c1-15-19(16(2)28-23-15)20(27)24-11-7-21(8-12-24)6-3-18(26)25(14-21)13-17-4-9-22-10-5-17/h4-5,9-10H,3,6-8,11-14H2,1-2H3. The van der Waals surface area contributed by atoms with Crippen LogP contribution in [-0.4, -0.2) is 51.4 Å². The Labute approximate surface area is 164 Å². The van der Waals surface area contributed by atoms with Crippen LogP contribution in [0.3, 0.4) is 0 Å². The summed E-state index contributed by atoms with van der Waals surface area (Å²) in [4.78, 5) is 33.3. The lowest BCUT2D eigenvalue weighted by Crippen LogP contribution is -2.52. The lowest BCUT2D eigenvalue weighted by Gasteiger charge is -2.47. The van der Waals surface area contributed by atoms with Crippen LogP contribution in [0.25, 0.3) is 0 Å². The van der Waals surface area contributed by atoms with Gasteiger partial charge in [-0.2, -0.15) is 0 Å². The number of hydrogen-bond acceptors (Lipinski definition) is 5. The van der Waals surface area contributed by atoms with Crippen molar-refractivity contribution in [3.8, 4) is 0 Å². The molecule has 4 heterocycles. The van der Waals surface area contributed by atoms with Crippen LogP contribution in [0.2, 0.25) is 0 Å². The van der Waals surface area contributed by atoms with Crippen LogP contribution in [0.5, 0.6) is 0 Å². The molecule has 148 valence electrons. The normalized spacial score (nSPS) is 19.3. The van der Waals surface area contributed by atoms with Crippen molar-refractivity contribution in [1.82, 2.24) is 19.9 Å². The average molecular weight is 382 g/mol. The summed E-state index contributed by atoms with van der Waals surface area (Å²) < 4.78 is 5.15. The topological polar surface area (TPSA) is 79.5 Å². The van der Waals surface area contributed by atoms with E-state index in [1.165, 1.54) is 0 Å². The summed E-state index contributed by atoms with van der Waals surface area (Å²) in [5.41, 5.74) is 2.45. The van der Waals surface area contributed by atoms with E-state index in [-0.39, 0.29) is 17.2 Å². The van der Waals surface area contributed by atoms with Gasteiger partial charge in [-0.3, -0.25) is 14.6 Å². The third-order valence-electron chi connectivity index (χ3n) is 6.23. The lowest BCUT2D eigenvalue weighted by molar-refractivity contribution is -0.139. The fraction of sp³-hybridized carbons (Fsp3) is 0.524. The molecule has 0 N–H and O–H groups in total. The van der Waals surface area contributed by atoms with Crippen LogP contribution in [0, 0.1) is 19.3 Å². The third-order valence-corrected chi connectivity index (χ3v) is 6.23. The van der Waals surface area contributed by atoms with Gasteiger partial charge in [-0.25, -0.2) is 0 Å². The molecule has 2 amide bonds. The predicted molar refractivity (Wildman–Crippen MR) is 102 cm³/mol. The molecule has 7 heteroatoms. The zero-order valence-electron chi connectivity index (χ0n) is 16.5. The zero-order valence-corrected chi connectivity index (χ0v) is 16.5. The molecule has 0 atom stereocenters. The third kappa shape index (κ3) is 3.53. The second-order valence-electron chi connectivity index (χ2n) is 8.10. The molecule has 2 aliphatic heterocycles. The number of nitrogens with zero attached hydrogens (tertiary/aromatic N) is 4. The molecular formula is C21H26N4O3. The van der Waals surface area contributed by atoms with Crippen molar-refractivity contribution >= 4 is 11.8 Å². The first-order valence-corrected chi connectivity index (χ1v) is 9.86. The molecule has 0 saturated carbocycles. The Morgan fingerprint density at radius 2 is 1.89 bits per heavy atom. The molecule has 0 radical (unpaired) electrons. The Balaban J connectivity index is 1.42. The molecule has 2 saturated heterocycles. The first kappa shape index (κ1) is 18.7. The van der Waals surface area contributed by atoms with Crippen LogP contribution < -0.4 is 0 Å². The van der Waals surface area contributed by atoms with E-state index < -0.39 is 0 Å². The maximum Gasteiger partial charge on any atom is 0.259 e. The van der Waals surface area contributed by atoms with E-state index in [0.29, 0.717) is 43.1 Å². The number of aryl methyl sites for hydroxylation is 2. The second-order valence-corrected chi connectivity index (χ2v) is 8.10. The van der Waals surface area contributed by atoms with E-state index in [1.54, 1.807) is 26.2 Å². The number of hydrogen-bond donors (Lipinski definition) is 0. The van der Waals surface area contributed by atoms with Crippen molar-refractivity contribution in [1.29, 1.82) is 0 Å². The monoisotopic (exact) mass is 382 g/mol. The summed E-state index contributed by atoms with van der Waals surface area (Å²) >= 11 is 0. The largest absolute Gasteiger partial charge is 0.361 e. The minimum atomic E-state index is 0.00614. The number of pyridine rings is 1. The summed E-state index contributed by atoms with van der Waals surface area (Å²) in [7, 11) is 0. The van der Waals surface area contributed by atoms with E-state index in [0.717, 1.165) is 31.4 Å². The van der Waals surface area contributed by atoms with Crippen molar-refractivity contribution in [2.24, 2.45) is 5.41 Å². The molecule has 0 bridgehead atoms. The number of carbonyl (C=O) groups is 2. The number of aromatic nitrogens is 2. The molecule has 2 fully saturated rings. The van der Waals surface area contributed by atoms with Gasteiger partial charge in [0.2, 0.25) is 5.91 Å². The second kappa shape index (κ2) is 7.37. The predicted octanol–water partition coefficient (Wildman–Crippen LogP) is 2.73. The number of carbonyl (C=O) groups excluding carboxylic acids is 2. The minimum absolute atomic E-state index is 0.00614. The van der Waals surface area contributed by atoms with Gasteiger partial charge in [0.1, 0.15) is 11.3 Å². The quantitative estimate of drug-likeness (QED) is 0.815. The zero-order chi connectivity index (χ0) is 19.7. The van der Waals surface area contributed by atoms with Crippen molar-refractivity contribution < 1.29 is 14.1 Å². The van der Waals surface area contributed by atoms with Crippen LogP contribution >= 0.6 is 0 Å². The Morgan fingerprint density at radius 1 is 1.18 bits per heavy atom. The van der Waals surface area contributed by atoms with Crippen molar-refractivity contribution in [2.75, 3.05) is 19.6 Å². The first-order chi connectivity index (χ1) is 13.5. The highest BCUT2D eigenvalue weighted by atomic mass is 16.5. The molecule has 0 aromatic carbocycles. The van der Waals surface area contributed by atoms with Gasteiger partial charge in [-0.05, 0) is 56.2 Å². The van der Waals surface area contributed by atoms with Gasteiger partial charge in [-0.1, -0.05) is 5.16 Å². The van der Waals surface area contributed by atoms with Crippen LogP contribution in [-0.2, 0) is 11.3 Å². The van der Waals surface area contributed by atoms with E-state index in [2.05, 4.69) is 10.1 Å². The Bertz CT molecular complexity index is 850. The first-order valence-electron chi connectivity index (χ1n) is 9.86. The molecule has 2 aromatic rings. The van der Waals surface area contributed by atoms with E-state index in [4.69, 9.17) is 4.52 Å². The maximum atomic E-state index is 12.9. The van der Waals surface area contributed by atoms with Gasteiger partial charge in [0.15, 0.2) is 0 Å². The van der Waals surface area contributed by atoms with Gasteiger partial charge < -0.3 is 14.3 Å². The van der Waals surface area contributed by atoms with Crippen LogP contribution in [0.15, 0.2) is 29.0 Å². The molecular weight excluding hydrogens is 356 g/mol. The van der Waals surface area contributed by atoms with Gasteiger partial charge in [-0.15, -0.1) is 0 Å². The van der Waals surface area contributed by atoms with Crippen LogP contribution in [0.1, 0.15) is 53.1 Å². The Morgan fingerprint density at radius 3 is 2.54 bits per heavy atom. The lowest BCUT2D eigenvalue weighted by atomic mass is 9.72. The van der Waals surface area contributed by atoms with Crippen molar-refractivity contribution in [3.05, 3.63) is 47.1 Å². The Hall–Kier alpha value is -2.70. The van der Waals surface area contributed by atoms with Crippen LogP contribution in [0.4, 0.5) is 0 Å². The summed E-state index contributed by atoms with van der Waals surface area (Å²) in [6, 6.07) is 3.92. The fourth-order valence-corrected chi connectivity index (χ4v) is 4.49.